The first kappa shape index (κ1) is 14.8. The number of likely N-dealkylation sites (tertiary alicyclic amines) is 2. The lowest BCUT2D eigenvalue weighted by molar-refractivity contribution is -0.146. The average Bonchev–Trinajstić information content (AvgIpc) is 2.51. The lowest BCUT2D eigenvalue weighted by atomic mass is 10.1. The third-order valence-electron chi connectivity index (χ3n) is 4.86. The van der Waals surface area contributed by atoms with Crippen LogP contribution in [0.3, 0.4) is 0 Å². The van der Waals surface area contributed by atoms with Crippen molar-refractivity contribution < 1.29 is 9.47 Å². The summed E-state index contributed by atoms with van der Waals surface area (Å²) in [5.74, 6) is 0. The monoisotopic (exact) mass is 282 g/mol. The first-order valence-corrected chi connectivity index (χ1v) is 8.58. The standard InChI is InChI=1S/C16H30N2O2/c1-3-7-17(8-4-1)11-15-13-20-16(14-19-15)12-18-9-5-2-6-10-18/h15-16H,1-14H2/t15-,16-/m0/s1. The SMILES string of the molecule is C1CCN(C[C@H]2CO[C@@H](CN3CCCCC3)CO2)CC1. The van der Waals surface area contributed by atoms with E-state index in [0.717, 1.165) is 26.3 Å². The summed E-state index contributed by atoms with van der Waals surface area (Å²) >= 11 is 0. The number of hydrogen-bond acceptors (Lipinski definition) is 4. The fourth-order valence-corrected chi connectivity index (χ4v) is 3.65. The summed E-state index contributed by atoms with van der Waals surface area (Å²) in [6.45, 7) is 8.69. The molecule has 0 spiro atoms. The first-order chi connectivity index (χ1) is 9.90. The summed E-state index contributed by atoms with van der Waals surface area (Å²) in [7, 11) is 0. The second-order valence-electron chi connectivity index (χ2n) is 6.63. The molecule has 20 heavy (non-hydrogen) atoms. The van der Waals surface area contributed by atoms with Crippen molar-refractivity contribution in [3.05, 3.63) is 0 Å². The Morgan fingerprint density at radius 3 is 1.35 bits per heavy atom. The molecule has 4 nitrogen and oxygen atoms in total. The van der Waals surface area contributed by atoms with Crippen molar-refractivity contribution in [2.75, 3.05) is 52.5 Å². The molecule has 0 N–H and O–H groups in total. The molecule has 0 aliphatic carbocycles. The summed E-state index contributed by atoms with van der Waals surface area (Å²) in [6.07, 6.45) is 8.80. The number of nitrogens with zero attached hydrogens (tertiary/aromatic N) is 2. The molecule has 0 aromatic heterocycles. The minimum Gasteiger partial charge on any atom is -0.372 e. The van der Waals surface area contributed by atoms with E-state index in [0.29, 0.717) is 12.2 Å². The van der Waals surface area contributed by atoms with E-state index in [1.807, 2.05) is 0 Å². The molecule has 3 aliphatic rings. The van der Waals surface area contributed by atoms with E-state index in [9.17, 15) is 0 Å². The van der Waals surface area contributed by atoms with Crippen molar-refractivity contribution in [2.45, 2.75) is 50.7 Å². The number of hydrogen-bond donors (Lipinski definition) is 0. The van der Waals surface area contributed by atoms with E-state index in [1.165, 1.54) is 64.7 Å². The molecule has 0 radical (unpaired) electrons. The van der Waals surface area contributed by atoms with E-state index in [-0.39, 0.29) is 0 Å². The van der Waals surface area contributed by atoms with Gasteiger partial charge in [0.2, 0.25) is 0 Å². The van der Waals surface area contributed by atoms with Crippen LogP contribution >= 0.6 is 0 Å². The van der Waals surface area contributed by atoms with Crippen LogP contribution in [0.4, 0.5) is 0 Å². The highest BCUT2D eigenvalue weighted by atomic mass is 16.6. The maximum absolute atomic E-state index is 6.04. The Labute approximate surface area is 123 Å². The molecule has 2 atom stereocenters. The van der Waals surface area contributed by atoms with Gasteiger partial charge in [-0.15, -0.1) is 0 Å². The van der Waals surface area contributed by atoms with Gasteiger partial charge in [-0.1, -0.05) is 12.8 Å². The van der Waals surface area contributed by atoms with E-state index in [1.54, 1.807) is 0 Å². The van der Waals surface area contributed by atoms with E-state index in [2.05, 4.69) is 9.80 Å². The van der Waals surface area contributed by atoms with Gasteiger partial charge < -0.3 is 19.3 Å². The summed E-state index contributed by atoms with van der Waals surface area (Å²) in [6, 6.07) is 0. The zero-order valence-corrected chi connectivity index (χ0v) is 12.8. The quantitative estimate of drug-likeness (QED) is 0.784. The topological polar surface area (TPSA) is 24.9 Å². The van der Waals surface area contributed by atoms with E-state index >= 15 is 0 Å². The Kier molecular flexibility index (Phi) is 5.71. The number of piperidine rings is 2. The highest BCUT2D eigenvalue weighted by Crippen LogP contribution is 2.15. The minimum atomic E-state index is 0.297. The third-order valence-corrected chi connectivity index (χ3v) is 4.86. The number of ether oxygens (including phenoxy) is 2. The first-order valence-electron chi connectivity index (χ1n) is 8.58. The molecule has 0 unspecified atom stereocenters. The van der Waals surface area contributed by atoms with Gasteiger partial charge in [0, 0.05) is 13.1 Å². The molecule has 3 fully saturated rings. The maximum Gasteiger partial charge on any atom is 0.0936 e. The molecule has 3 rings (SSSR count). The average molecular weight is 282 g/mol. The van der Waals surface area contributed by atoms with Crippen LogP contribution in [-0.4, -0.2) is 74.5 Å². The van der Waals surface area contributed by atoms with Crippen LogP contribution < -0.4 is 0 Å². The fourth-order valence-electron chi connectivity index (χ4n) is 3.65. The van der Waals surface area contributed by atoms with Crippen molar-refractivity contribution in [3.8, 4) is 0 Å². The van der Waals surface area contributed by atoms with Gasteiger partial charge in [-0.2, -0.15) is 0 Å². The fraction of sp³-hybridized carbons (Fsp3) is 1.00. The molecule has 3 heterocycles. The molecule has 116 valence electrons. The second-order valence-corrected chi connectivity index (χ2v) is 6.63. The Hall–Kier alpha value is -0.160. The molecule has 0 amide bonds. The molecule has 0 bridgehead atoms. The lowest BCUT2D eigenvalue weighted by Gasteiger charge is -2.37. The Morgan fingerprint density at radius 1 is 0.600 bits per heavy atom. The van der Waals surface area contributed by atoms with Gasteiger partial charge in [0.05, 0.1) is 25.4 Å². The zero-order valence-electron chi connectivity index (χ0n) is 12.8. The molecular formula is C16H30N2O2. The van der Waals surface area contributed by atoms with Gasteiger partial charge in [0.1, 0.15) is 0 Å². The molecule has 0 aromatic rings. The molecule has 0 saturated carbocycles. The predicted molar refractivity (Wildman–Crippen MR) is 80.1 cm³/mol. The smallest absolute Gasteiger partial charge is 0.0936 e. The highest BCUT2D eigenvalue weighted by Gasteiger charge is 2.26. The maximum atomic E-state index is 6.04. The van der Waals surface area contributed by atoms with Crippen molar-refractivity contribution >= 4 is 0 Å². The summed E-state index contributed by atoms with van der Waals surface area (Å²) in [5.41, 5.74) is 0. The summed E-state index contributed by atoms with van der Waals surface area (Å²) in [5, 5.41) is 0. The Balaban J connectivity index is 1.33. The van der Waals surface area contributed by atoms with Gasteiger partial charge in [-0.05, 0) is 51.9 Å². The van der Waals surface area contributed by atoms with E-state index in [4.69, 9.17) is 9.47 Å². The van der Waals surface area contributed by atoms with Crippen molar-refractivity contribution in [3.63, 3.8) is 0 Å². The van der Waals surface area contributed by atoms with Crippen LogP contribution in [0.5, 0.6) is 0 Å². The zero-order chi connectivity index (χ0) is 13.6. The van der Waals surface area contributed by atoms with Crippen molar-refractivity contribution in [1.82, 2.24) is 9.80 Å². The largest absolute Gasteiger partial charge is 0.372 e. The Bertz CT molecular complexity index is 240. The molecule has 0 aromatic carbocycles. The minimum absolute atomic E-state index is 0.297. The Morgan fingerprint density at radius 2 is 1.00 bits per heavy atom. The third kappa shape index (κ3) is 4.42. The van der Waals surface area contributed by atoms with E-state index < -0.39 is 0 Å². The molecular weight excluding hydrogens is 252 g/mol. The van der Waals surface area contributed by atoms with Crippen molar-refractivity contribution in [2.24, 2.45) is 0 Å². The van der Waals surface area contributed by atoms with Gasteiger partial charge in [0.25, 0.3) is 0 Å². The summed E-state index contributed by atoms with van der Waals surface area (Å²) < 4.78 is 12.1. The summed E-state index contributed by atoms with van der Waals surface area (Å²) in [4.78, 5) is 5.09. The van der Waals surface area contributed by atoms with Gasteiger partial charge >= 0.3 is 0 Å². The van der Waals surface area contributed by atoms with Crippen molar-refractivity contribution in [1.29, 1.82) is 0 Å². The van der Waals surface area contributed by atoms with Gasteiger partial charge in [-0.25, -0.2) is 0 Å². The highest BCUT2D eigenvalue weighted by molar-refractivity contribution is 4.76. The predicted octanol–water partition coefficient (Wildman–Crippen LogP) is 1.74. The van der Waals surface area contributed by atoms with Crippen LogP contribution in [-0.2, 0) is 9.47 Å². The van der Waals surface area contributed by atoms with Crippen LogP contribution in [0.2, 0.25) is 0 Å². The van der Waals surface area contributed by atoms with Crippen LogP contribution in [0.1, 0.15) is 38.5 Å². The van der Waals surface area contributed by atoms with Crippen LogP contribution in [0, 0.1) is 0 Å². The lowest BCUT2D eigenvalue weighted by Crippen LogP contribution is -2.48. The van der Waals surface area contributed by atoms with Gasteiger partial charge in [0.15, 0.2) is 0 Å². The normalized spacial score (nSPS) is 34.2. The second kappa shape index (κ2) is 7.74. The molecule has 3 saturated heterocycles. The number of rotatable bonds is 4. The van der Waals surface area contributed by atoms with Crippen LogP contribution in [0.15, 0.2) is 0 Å². The van der Waals surface area contributed by atoms with Gasteiger partial charge in [-0.3, -0.25) is 0 Å². The molecule has 3 aliphatic heterocycles. The van der Waals surface area contributed by atoms with Crippen LogP contribution in [0.25, 0.3) is 0 Å². The molecule has 4 heteroatoms.